The Morgan fingerprint density at radius 2 is 1.68 bits per heavy atom. The summed E-state index contributed by atoms with van der Waals surface area (Å²) in [6, 6.07) is 9.94. The van der Waals surface area contributed by atoms with Gasteiger partial charge < -0.3 is 4.74 Å². The number of non-ortho nitro benzene ring substituents is 1. The summed E-state index contributed by atoms with van der Waals surface area (Å²) in [5.74, 6) is -0.125. The molecule has 4 nitrogen and oxygen atoms in total. The van der Waals surface area contributed by atoms with Crippen molar-refractivity contribution in [3.8, 4) is 11.5 Å². The van der Waals surface area contributed by atoms with E-state index < -0.39 is 10.7 Å². The molecule has 0 amide bonds. The molecule has 120 valence electrons. The maximum absolute atomic E-state index is 13.4. The van der Waals surface area contributed by atoms with Gasteiger partial charge in [-0.2, -0.15) is 0 Å². The molecule has 0 aliphatic carbocycles. The van der Waals surface area contributed by atoms with Crippen molar-refractivity contribution in [1.29, 1.82) is 0 Å². The second-order valence-corrected chi connectivity index (χ2v) is 4.26. The number of alkyl halides is 1. The molecule has 0 saturated heterocycles. The van der Waals surface area contributed by atoms with E-state index in [1.54, 1.807) is 12.1 Å². The fourth-order valence-corrected chi connectivity index (χ4v) is 1.78. The Morgan fingerprint density at radius 1 is 1.09 bits per heavy atom. The molecule has 0 aliphatic rings. The molecule has 0 aliphatic heterocycles. The lowest BCUT2D eigenvalue weighted by Crippen LogP contribution is -1.91. The molecular formula is C15H16BrF2NO3. The van der Waals surface area contributed by atoms with Crippen molar-refractivity contribution in [2.24, 2.45) is 0 Å². The predicted molar refractivity (Wildman–Crippen MR) is 85.7 cm³/mol. The van der Waals surface area contributed by atoms with Crippen LogP contribution in [0.4, 0.5) is 14.5 Å². The maximum atomic E-state index is 13.4. The van der Waals surface area contributed by atoms with Gasteiger partial charge in [-0.25, -0.2) is 4.39 Å². The number of nitrogens with zero attached hydrogens (tertiary/aromatic N) is 1. The van der Waals surface area contributed by atoms with E-state index in [9.17, 15) is 18.9 Å². The Bertz CT molecular complexity index is 609. The predicted octanol–water partition coefficient (Wildman–Crippen LogP) is 5.90. The van der Waals surface area contributed by atoms with Crippen molar-refractivity contribution < 1.29 is 18.4 Å². The summed E-state index contributed by atoms with van der Waals surface area (Å²) in [6.07, 6.45) is 0. The number of para-hydroxylation sites is 1. The average molecular weight is 376 g/mol. The van der Waals surface area contributed by atoms with Crippen LogP contribution in [0, 0.1) is 15.9 Å². The molecule has 2 aromatic carbocycles. The van der Waals surface area contributed by atoms with Crippen LogP contribution in [0.1, 0.15) is 13.8 Å². The van der Waals surface area contributed by atoms with E-state index in [0.717, 1.165) is 0 Å². The van der Waals surface area contributed by atoms with Gasteiger partial charge in [-0.3, -0.25) is 14.5 Å². The topological polar surface area (TPSA) is 52.4 Å². The number of hydrogen-bond donors (Lipinski definition) is 0. The standard InChI is InChI=1S/C12H7BrFNO3.C2H6.CH3F/c13-9-7-8(15(16)17)5-6-11(9)18-12-4-2-1-3-10(12)14;2*1-2/h1-7H;1-2H3;1H3. The third-order valence-electron chi connectivity index (χ3n) is 2.18. The third kappa shape index (κ3) is 5.77. The first-order valence-corrected chi connectivity index (χ1v) is 7.11. The van der Waals surface area contributed by atoms with Crippen LogP contribution in [0.3, 0.4) is 0 Å². The lowest BCUT2D eigenvalue weighted by atomic mass is 10.3. The van der Waals surface area contributed by atoms with Crippen molar-refractivity contribution in [1.82, 2.24) is 0 Å². The van der Waals surface area contributed by atoms with E-state index in [0.29, 0.717) is 17.4 Å². The van der Waals surface area contributed by atoms with Gasteiger partial charge in [0.05, 0.1) is 16.6 Å². The Balaban J connectivity index is 0.00000102. The quantitative estimate of drug-likeness (QED) is 0.495. The highest BCUT2D eigenvalue weighted by molar-refractivity contribution is 9.10. The third-order valence-corrected chi connectivity index (χ3v) is 2.80. The number of halogens is 3. The number of rotatable bonds is 3. The monoisotopic (exact) mass is 375 g/mol. The zero-order valence-corrected chi connectivity index (χ0v) is 13.9. The van der Waals surface area contributed by atoms with Crippen LogP contribution in [0.5, 0.6) is 11.5 Å². The molecule has 0 bridgehead atoms. The summed E-state index contributed by atoms with van der Waals surface area (Å²) >= 11 is 3.15. The molecule has 0 aromatic heterocycles. The second-order valence-electron chi connectivity index (χ2n) is 3.40. The maximum Gasteiger partial charge on any atom is 0.270 e. The zero-order chi connectivity index (χ0) is 17.1. The van der Waals surface area contributed by atoms with Crippen LogP contribution in [-0.4, -0.2) is 12.1 Å². The first-order chi connectivity index (χ1) is 10.6. The molecule has 0 radical (unpaired) electrons. The summed E-state index contributed by atoms with van der Waals surface area (Å²) in [5, 5.41) is 10.6. The summed E-state index contributed by atoms with van der Waals surface area (Å²) in [5.41, 5.74) is -0.0669. The number of benzene rings is 2. The normalized spacial score (nSPS) is 8.82. The molecule has 2 rings (SSSR count). The molecule has 0 heterocycles. The summed E-state index contributed by atoms with van der Waals surface area (Å²) in [4.78, 5) is 10.0. The lowest BCUT2D eigenvalue weighted by molar-refractivity contribution is -0.384. The lowest BCUT2D eigenvalue weighted by Gasteiger charge is -2.08. The van der Waals surface area contributed by atoms with Crippen molar-refractivity contribution >= 4 is 21.6 Å². The first-order valence-electron chi connectivity index (χ1n) is 6.32. The van der Waals surface area contributed by atoms with Gasteiger partial charge in [0.25, 0.3) is 5.69 Å². The minimum absolute atomic E-state index is 0.0621. The molecule has 0 N–H and O–H groups in total. The number of nitro benzene ring substituents is 1. The molecule has 22 heavy (non-hydrogen) atoms. The molecule has 2 aromatic rings. The highest BCUT2D eigenvalue weighted by atomic mass is 79.9. The van der Waals surface area contributed by atoms with Gasteiger partial charge >= 0.3 is 0 Å². The smallest absolute Gasteiger partial charge is 0.270 e. The van der Waals surface area contributed by atoms with Crippen molar-refractivity contribution in [2.45, 2.75) is 13.8 Å². The van der Waals surface area contributed by atoms with E-state index in [2.05, 4.69) is 15.9 Å². The fourth-order valence-electron chi connectivity index (χ4n) is 1.33. The number of ether oxygens (including phenoxy) is 1. The van der Waals surface area contributed by atoms with Gasteiger partial charge in [-0.1, -0.05) is 26.0 Å². The zero-order valence-electron chi connectivity index (χ0n) is 12.3. The van der Waals surface area contributed by atoms with Crippen LogP contribution >= 0.6 is 15.9 Å². The minimum Gasteiger partial charge on any atom is -0.453 e. The summed E-state index contributed by atoms with van der Waals surface area (Å²) in [7, 11) is 0.500. The summed E-state index contributed by atoms with van der Waals surface area (Å²) in [6.45, 7) is 4.00. The number of hydrogen-bond acceptors (Lipinski definition) is 3. The van der Waals surface area contributed by atoms with Crippen molar-refractivity contribution in [2.75, 3.05) is 7.18 Å². The van der Waals surface area contributed by atoms with Crippen LogP contribution in [0.25, 0.3) is 0 Å². The van der Waals surface area contributed by atoms with E-state index >= 15 is 0 Å². The Kier molecular flexibility index (Phi) is 9.69. The van der Waals surface area contributed by atoms with Crippen molar-refractivity contribution in [3.63, 3.8) is 0 Å². The van der Waals surface area contributed by atoms with E-state index in [4.69, 9.17) is 4.74 Å². The molecule has 0 fully saturated rings. The van der Waals surface area contributed by atoms with E-state index in [1.807, 2.05) is 13.8 Å². The molecule has 0 atom stereocenters. The van der Waals surface area contributed by atoms with Gasteiger partial charge in [0.2, 0.25) is 0 Å². The first kappa shape index (κ1) is 20.0. The van der Waals surface area contributed by atoms with E-state index in [1.165, 1.54) is 30.3 Å². The van der Waals surface area contributed by atoms with Crippen LogP contribution in [0.15, 0.2) is 46.9 Å². The number of nitro groups is 1. The highest BCUT2D eigenvalue weighted by Gasteiger charge is 2.11. The highest BCUT2D eigenvalue weighted by Crippen LogP contribution is 2.33. The van der Waals surface area contributed by atoms with Crippen LogP contribution < -0.4 is 4.74 Å². The Morgan fingerprint density at radius 3 is 2.18 bits per heavy atom. The Hall–Kier alpha value is -2.02. The average Bonchev–Trinajstić information content (AvgIpc) is 2.55. The van der Waals surface area contributed by atoms with Crippen LogP contribution in [-0.2, 0) is 0 Å². The Labute approximate surface area is 136 Å². The van der Waals surface area contributed by atoms with Gasteiger partial charge in [-0.15, -0.1) is 0 Å². The molecule has 0 saturated carbocycles. The van der Waals surface area contributed by atoms with Gasteiger partial charge in [0.15, 0.2) is 11.6 Å². The van der Waals surface area contributed by atoms with Gasteiger partial charge in [0, 0.05) is 12.1 Å². The molecular weight excluding hydrogens is 360 g/mol. The largest absolute Gasteiger partial charge is 0.453 e. The fraction of sp³-hybridized carbons (Fsp3) is 0.200. The van der Waals surface area contributed by atoms with Crippen molar-refractivity contribution in [3.05, 3.63) is 62.9 Å². The van der Waals surface area contributed by atoms with Gasteiger partial charge in [0.1, 0.15) is 5.75 Å². The molecule has 7 heteroatoms. The molecule has 0 unspecified atom stereocenters. The second kappa shape index (κ2) is 10.7. The van der Waals surface area contributed by atoms with Crippen LogP contribution in [0.2, 0.25) is 0 Å². The summed E-state index contributed by atoms with van der Waals surface area (Å²) < 4.78 is 28.6. The SMILES string of the molecule is CC.CF.O=[N+]([O-])c1ccc(Oc2ccccc2F)c(Br)c1. The minimum atomic E-state index is -0.516. The van der Waals surface area contributed by atoms with Gasteiger partial charge in [-0.05, 0) is 34.1 Å². The molecule has 0 spiro atoms. The van der Waals surface area contributed by atoms with E-state index in [-0.39, 0.29) is 11.4 Å².